The highest BCUT2D eigenvalue weighted by Gasteiger charge is 2.19. The predicted molar refractivity (Wildman–Crippen MR) is 75.0 cm³/mol. The van der Waals surface area contributed by atoms with Gasteiger partial charge < -0.3 is 5.32 Å². The van der Waals surface area contributed by atoms with Crippen molar-refractivity contribution >= 4 is 22.4 Å². The first-order chi connectivity index (χ1) is 8.70. The van der Waals surface area contributed by atoms with E-state index in [1.807, 2.05) is 49.6 Å². The largest absolute Gasteiger partial charge is 0.301 e. The molecule has 18 heavy (non-hydrogen) atoms. The second-order valence-electron chi connectivity index (χ2n) is 4.15. The molecule has 1 heterocycles. The van der Waals surface area contributed by atoms with Gasteiger partial charge in [0.05, 0.1) is 11.6 Å². The Kier molecular flexibility index (Phi) is 4.10. The van der Waals surface area contributed by atoms with Gasteiger partial charge in [0.25, 0.3) is 0 Å². The Bertz CT molecular complexity index is 522. The minimum Gasteiger partial charge on any atom is -0.301 e. The lowest BCUT2D eigenvalue weighted by atomic mass is 9.96. The molecular weight excluding hydrogens is 244 g/mol. The van der Waals surface area contributed by atoms with Crippen LogP contribution in [0.25, 0.3) is 0 Å². The van der Waals surface area contributed by atoms with Gasteiger partial charge in [-0.15, -0.1) is 11.3 Å². The van der Waals surface area contributed by atoms with Crippen molar-refractivity contribution < 1.29 is 4.79 Å². The fourth-order valence-electron chi connectivity index (χ4n) is 1.86. The Morgan fingerprint density at radius 1 is 1.39 bits per heavy atom. The van der Waals surface area contributed by atoms with Crippen LogP contribution in [0.2, 0.25) is 0 Å². The van der Waals surface area contributed by atoms with Crippen LogP contribution >= 0.6 is 11.3 Å². The van der Waals surface area contributed by atoms with Crippen LogP contribution < -0.4 is 5.32 Å². The number of hydrogen-bond acceptors (Lipinski definition) is 3. The third kappa shape index (κ3) is 2.96. The normalized spacial score (nSPS) is 12.1. The SMILES string of the molecule is CC[C@@H](C(=O)Nc1nc(C)cs1)c1ccccc1. The number of benzene rings is 1. The molecule has 1 N–H and O–H groups in total. The number of thiazole rings is 1. The summed E-state index contributed by atoms with van der Waals surface area (Å²) in [6, 6.07) is 9.84. The van der Waals surface area contributed by atoms with Crippen LogP contribution in [0.4, 0.5) is 5.13 Å². The predicted octanol–water partition coefficient (Wildman–Crippen LogP) is 3.58. The molecule has 2 rings (SSSR count). The van der Waals surface area contributed by atoms with Crippen molar-refractivity contribution in [1.29, 1.82) is 0 Å². The maximum Gasteiger partial charge on any atom is 0.233 e. The number of amides is 1. The van der Waals surface area contributed by atoms with Crippen molar-refractivity contribution in [2.75, 3.05) is 5.32 Å². The summed E-state index contributed by atoms with van der Waals surface area (Å²) in [5.74, 6) is -0.103. The number of carbonyl (C=O) groups is 1. The Balaban J connectivity index is 2.11. The minimum atomic E-state index is -0.115. The summed E-state index contributed by atoms with van der Waals surface area (Å²) < 4.78 is 0. The molecule has 0 aliphatic rings. The monoisotopic (exact) mass is 260 g/mol. The van der Waals surface area contributed by atoms with E-state index in [1.54, 1.807) is 0 Å². The molecule has 0 unspecified atom stereocenters. The van der Waals surface area contributed by atoms with Crippen molar-refractivity contribution in [2.24, 2.45) is 0 Å². The molecule has 0 aliphatic heterocycles. The Labute approximate surface area is 111 Å². The number of hydrogen-bond donors (Lipinski definition) is 1. The third-order valence-corrected chi connectivity index (χ3v) is 3.65. The molecule has 1 atom stereocenters. The molecule has 0 spiro atoms. The first-order valence-electron chi connectivity index (χ1n) is 5.98. The summed E-state index contributed by atoms with van der Waals surface area (Å²) in [4.78, 5) is 16.5. The molecule has 94 valence electrons. The number of aryl methyl sites for hydroxylation is 1. The summed E-state index contributed by atoms with van der Waals surface area (Å²) in [6.07, 6.45) is 0.778. The Morgan fingerprint density at radius 3 is 2.67 bits per heavy atom. The molecule has 3 nitrogen and oxygen atoms in total. The van der Waals surface area contributed by atoms with E-state index in [0.29, 0.717) is 5.13 Å². The molecule has 0 radical (unpaired) electrons. The topological polar surface area (TPSA) is 42.0 Å². The van der Waals surface area contributed by atoms with E-state index in [4.69, 9.17) is 0 Å². The number of rotatable bonds is 4. The maximum atomic E-state index is 12.2. The molecule has 1 aromatic carbocycles. The van der Waals surface area contributed by atoms with Crippen LogP contribution in [0.3, 0.4) is 0 Å². The molecule has 0 bridgehead atoms. The molecule has 2 aromatic rings. The summed E-state index contributed by atoms with van der Waals surface area (Å²) in [7, 11) is 0. The van der Waals surface area contributed by atoms with Crippen molar-refractivity contribution in [1.82, 2.24) is 4.98 Å². The summed E-state index contributed by atoms with van der Waals surface area (Å²) >= 11 is 1.46. The number of anilines is 1. The van der Waals surface area contributed by atoms with Gasteiger partial charge in [0, 0.05) is 5.38 Å². The smallest absolute Gasteiger partial charge is 0.233 e. The zero-order valence-corrected chi connectivity index (χ0v) is 11.3. The van der Waals surface area contributed by atoms with Gasteiger partial charge in [-0.05, 0) is 18.9 Å². The first kappa shape index (κ1) is 12.8. The maximum absolute atomic E-state index is 12.2. The number of nitrogens with zero attached hydrogens (tertiary/aromatic N) is 1. The van der Waals surface area contributed by atoms with Gasteiger partial charge in [0.2, 0.25) is 5.91 Å². The van der Waals surface area contributed by atoms with Crippen molar-refractivity contribution in [3.63, 3.8) is 0 Å². The van der Waals surface area contributed by atoms with Gasteiger partial charge in [-0.1, -0.05) is 37.3 Å². The Morgan fingerprint density at radius 2 is 2.11 bits per heavy atom. The van der Waals surface area contributed by atoms with Crippen LogP contribution in [-0.2, 0) is 4.79 Å². The van der Waals surface area contributed by atoms with Gasteiger partial charge in [-0.2, -0.15) is 0 Å². The summed E-state index contributed by atoms with van der Waals surface area (Å²) in [5, 5.41) is 5.48. The number of carbonyl (C=O) groups excluding carboxylic acids is 1. The van der Waals surface area contributed by atoms with Gasteiger partial charge in [0.1, 0.15) is 0 Å². The van der Waals surface area contributed by atoms with Gasteiger partial charge in [-0.25, -0.2) is 4.98 Å². The summed E-state index contributed by atoms with van der Waals surface area (Å²) in [6.45, 7) is 3.94. The highest BCUT2D eigenvalue weighted by Crippen LogP contribution is 2.22. The number of aromatic nitrogens is 1. The highest BCUT2D eigenvalue weighted by molar-refractivity contribution is 7.13. The van der Waals surface area contributed by atoms with E-state index in [1.165, 1.54) is 11.3 Å². The average Bonchev–Trinajstić information content (AvgIpc) is 2.77. The zero-order valence-electron chi connectivity index (χ0n) is 10.5. The van der Waals surface area contributed by atoms with E-state index in [9.17, 15) is 4.79 Å². The van der Waals surface area contributed by atoms with Gasteiger partial charge in [0.15, 0.2) is 5.13 Å². The zero-order chi connectivity index (χ0) is 13.0. The van der Waals surface area contributed by atoms with Crippen LogP contribution in [0.1, 0.15) is 30.5 Å². The van der Waals surface area contributed by atoms with Crippen molar-refractivity contribution in [3.05, 3.63) is 47.0 Å². The fraction of sp³-hybridized carbons (Fsp3) is 0.286. The summed E-state index contributed by atoms with van der Waals surface area (Å²) in [5.41, 5.74) is 1.98. The molecule has 0 fully saturated rings. The molecule has 1 aromatic heterocycles. The van der Waals surface area contributed by atoms with Crippen LogP contribution in [0, 0.1) is 6.92 Å². The molecule has 1 amide bonds. The van der Waals surface area contributed by atoms with Crippen molar-refractivity contribution in [2.45, 2.75) is 26.2 Å². The van der Waals surface area contributed by atoms with Gasteiger partial charge in [-0.3, -0.25) is 4.79 Å². The molecular formula is C14H16N2OS. The second kappa shape index (κ2) is 5.78. The molecule has 0 saturated carbocycles. The van der Waals surface area contributed by atoms with Gasteiger partial charge >= 0.3 is 0 Å². The molecule has 4 heteroatoms. The lowest BCUT2D eigenvalue weighted by Gasteiger charge is -2.13. The van der Waals surface area contributed by atoms with E-state index in [-0.39, 0.29) is 11.8 Å². The fourth-order valence-corrected chi connectivity index (χ4v) is 2.55. The lowest BCUT2D eigenvalue weighted by Crippen LogP contribution is -2.20. The third-order valence-electron chi connectivity index (χ3n) is 2.78. The van der Waals surface area contributed by atoms with E-state index >= 15 is 0 Å². The molecule has 0 saturated heterocycles. The number of nitrogens with one attached hydrogen (secondary N) is 1. The second-order valence-corrected chi connectivity index (χ2v) is 5.01. The first-order valence-corrected chi connectivity index (χ1v) is 6.86. The van der Waals surface area contributed by atoms with E-state index < -0.39 is 0 Å². The Hall–Kier alpha value is -1.68. The van der Waals surface area contributed by atoms with Crippen molar-refractivity contribution in [3.8, 4) is 0 Å². The van der Waals surface area contributed by atoms with Crippen LogP contribution in [0.15, 0.2) is 35.7 Å². The highest BCUT2D eigenvalue weighted by atomic mass is 32.1. The van der Waals surface area contributed by atoms with E-state index in [0.717, 1.165) is 17.7 Å². The quantitative estimate of drug-likeness (QED) is 0.913. The lowest BCUT2D eigenvalue weighted by molar-refractivity contribution is -0.117. The van der Waals surface area contributed by atoms with E-state index in [2.05, 4.69) is 10.3 Å². The average molecular weight is 260 g/mol. The van der Waals surface area contributed by atoms with Crippen LogP contribution in [-0.4, -0.2) is 10.9 Å². The molecule has 0 aliphatic carbocycles. The standard InChI is InChI=1S/C14H16N2OS/c1-3-12(11-7-5-4-6-8-11)13(17)16-14-15-10(2)9-18-14/h4-9,12H,3H2,1-2H3,(H,15,16,17)/t12-/m1/s1. The van der Waals surface area contributed by atoms with Crippen LogP contribution in [0.5, 0.6) is 0 Å². The minimum absolute atomic E-state index is 0.0121.